The molecule has 1 aromatic heterocycles. The van der Waals surface area contributed by atoms with Crippen molar-refractivity contribution in [1.29, 1.82) is 0 Å². The van der Waals surface area contributed by atoms with Gasteiger partial charge in [-0.25, -0.2) is 10.4 Å². The number of fused-ring (bicyclic) bond motifs is 1. The highest BCUT2D eigenvalue weighted by Gasteiger charge is 2.09. The zero-order valence-corrected chi connectivity index (χ0v) is 14.8. The molecule has 5 nitrogen and oxygen atoms in total. The second-order valence-corrected chi connectivity index (χ2v) is 6.30. The molecule has 3 aromatic carbocycles. The number of hydrogen-bond donors (Lipinski definition) is 2. The number of aromatic amines is 1. The van der Waals surface area contributed by atoms with Crippen molar-refractivity contribution in [2.24, 2.45) is 5.10 Å². The number of amides is 1. The first kappa shape index (κ1) is 16.7. The van der Waals surface area contributed by atoms with Crippen LogP contribution in [-0.2, 0) is 0 Å². The number of nitrogens with zero attached hydrogens (tertiary/aromatic N) is 2. The molecule has 0 unspecified atom stereocenters. The van der Waals surface area contributed by atoms with Crippen molar-refractivity contribution in [2.45, 2.75) is 6.92 Å². The first-order valence-electron chi connectivity index (χ1n) is 8.64. The Hall–Kier alpha value is -3.73. The largest absolute Gasteiger partial charge is 0.338 e. The molecule has 2 N–H and O–H groups in total. The maximum Gasteiger partial charge on any atom is 0.271 e. The Morgan fingerprint density at radius 3 is 2.70 bits per heavy atom. The van der Waals surface area contributed by atoms with Gasteiger partial charge >= 0.3 is 0 Å². The van der Waals surface area contributed by atoms with Gasteiger partial charge < -0.3 is 4.98 Å². The summed E-state index contributed by atoms with van der Waals surface area (Å²) < 4.78 is 0. The van der Waals surface area contributed by atoms with Crippen LogP contribution in [0.2, 0.25) is 0 Å². The number of nitrogens with one attached hydrogen (secondary N) is 2. The Morgan fingerprint density at radius 2 is 1.89 bits per heavy atom. The molecule has 5 heteroatoms. The van der Waals surface area contributed by atoms with Crippen molar-refractivity contribution in [3.05, 3.63) is 89.5 Å². The van der Waals surface area contributed by atoms with Gasteiger partial charge in [0.25, 0.3) is 5.91 Å². The van der Waals surface area contributed by atoms with Crippen molar-refractivity contribution in [3.8, 4) is 11.4 Å². The third kappa shape index (κ3) is 3.77. The van der Waals surface area contributed by atoms with E-state index < -0.39 is 0 Å². The van der Waals surface area contributed by atoms with E-state index in [9.17, 15) is 4.79 Å². The minimum atomic E-state index is -0.267. The van der Waals surface area contributed by atoms with Gasteiger partial charge in [0, 0.05) is 11.1 Å². The van der Waals surface area contributed by atoms with Crippen LogP contribution in [-0.4, -0.2) is 22.1 Å². The van der Waals surface area contributed by atoms with Crippen LogP contribution in [0.3, 0.4) is 0 Å². The fourth-order valence-electron chi connectivity index (χ4n) is 2.86. The van der Waals surface area contributed by atoms with Gasteiger partial charge in [0.15, 0.2) is 0 Å². The molecular formula is C22H18N4O. The Bertz CT molecular complexity index is 1130. The number of carbonyl (C=O) groups excluding carboxylic acids is 1. The number of carbonyl (C=O) groups is 1. The van der Waals surface area contributed by atoms with E-state index >= 15 is 0 Å². The van der Waals surface area contributed by atoms with Crippen LogP contribution in [0.25, 0.3) is 22.4 Å². The molecule has 0 saturated heterocycles. The summed E-state index contributed by atoms with van der Waals surface area (Å²) >= 11 is 0. The second-order valence-electron chi connectivity index (χ2n) is 6.30. The third-order valence-corrected chi connectivity index (χ3v) is 4.21. The van der Waals surface area contributed by atoms with Gasteiger partial charge in [-0.1, -0.05) is 60.2 Å². The first-order valence-corrected chi connectivity index (χ1v) is 8.64. The maximum absolute atomic E-state index is 12.4. The Labute approximate surface area is 156 Å². The summed E-state index contributed by atoms with van der Waals surface area (Å²) in [6.45, 7) is 2.01. The average Bonchev–Trinajstić information content (AvgIpc) is 3.12. The zero-order chi connectivity index (χ0) is 18.6. The minimum absolute atomic E-state index is 0.267. The molecule has 0 aliphatic rings. The van der Waals surface area contributed by atoms with Gasteiger partial charge in [-0.2, -0.15) is 5.10 Å². The maximum atomic E-state index is 12.4. The number of aromatic nitrogens is 2. The Balaban J connectivity index is 1.52. The fraction of sp³-hybridized carbons (Fsp3) is 0.0455. The summed E-state index contributed by atoms with van der Waals surface area (Å²) in [5, 5.41) is 4.04. The number of hydrazone groups is 1. The highest BCUT2D eigenvalue weighted by molar-refractivity contribution is 5.98. The predicted octanol–water partition coefficient (Wildman–Crippen LogP) is 4.30. The van der Waals surface area contributed by atoms with Crippen LogP contribution in [0.4, 0.5) is 0 Å². The number of aryl methyl sites for hydroxylation is 1. The van der Waals surface area contributed by atoms with Crippen molar-refractivity contribution < 1.29 is 4.79 Å². The van der Waals surface area contributed by atoms with E-state index in [1.807, 2.05) is 67.6 Å². The standard InChI is InChI=1S/C22H18N4O/c1-15-6-5-7-16(12-15)14-23-26-22(27)18-10-11-19-20(13-18)25-21(24-19)17-8-3-2-4-9-17/h2-14H,1H3,(H,24,25)(H,26,27)/b23-14+. The highest BCUT2D eigenvalue weighted by atomic mass is 16.2. The fourth-order valence-corrected chi connectivity index (χ4v) is 2.86. The van der Waals surface area contributed by atoms with Gasteiger partial charge in [-0.05, 0) is 30.7 Å². The molecule has 0 aliphatic carbocycles. The number of hydrogen-bond acceptors (Lipinski definition) is 3. The Morgan fingerprint density at radius 1 is 1.04 bits per heavy atom. The molecule has 0 bridgehead atoms. The van der Waals surface area contributed by atoms with E-state index in [1.165, 1.54) is 0 Å². The van der Waals surface area contributed by atoms with Crippen LogP contribution in [0.1, 0.15) is 21.5 Å². The molecular weight excluding hydrogens is 336 g/mol. The lowest BCUT2D eigenvalue weighted by molar-refractivity contribution is 0.0955. The Kier molecular flexibility index (Phi) is 4.49. The van der Waals surface area contributed by atoms with Crippen LogP contribution in [0, 0.1) is 6.92 Å². The molecule has 1 amide bonds. The van der Waals surface area contributed by atoms with E-state index in [1.54, 1.807) is 18.3 Å². The summed E-state index contributed by atoms with van der Waals surface area (Å²) in [4.78, 5) is 20.2. The smallest absolute Gasteiger partial charge is 0.271 e. The molecule has 0 aliphatic heterocycles. The first-order chi connectivity index (χ1) is 13.2. The molecule has 1 heterocycles. The predicted molar refractivity (Wildman–Crippen MR) is 108 cm³/mol. The summed E-state index contributed by atoms with van der Waals surface area (Å²) in [7, 11) is 0. The monoisotopic (exact) mass is 354 g/mol. The van der Waals surface area contributed by atoms with Crippen molar-refractivity contribution in [1.82, 2.24) is 15.4 Å². The lowest BCUT2D eigenvalue weighted by Gasteiger charge is -2.00. The van der Waals surface area contributed by atoms with Gasteiger partial charge in [-0.15, -0.1) is 0 Å². The van der Waals surface area contributed by atoms with Crippen molar-refractivity contribution in [3.63, 3.8) is 0 Å². The molecule has 132 valence electrons. The highest BCUT2D eigenvalue weighted by Crippen LogP contribution is 2.21. The van der Waals surface area contributed by atoms with E-state index in [0.717, 1.165) is 33.5 Å². The quantitative estimate of drug-likeness (QED) is 0.424. The van der Waals surface area contributed by atoms with E-state index in [-0.39, 0.29) is 5.91 Å². The van der Waals surface area contributed by atoms with Crippen LogP contribution < -0.4 is 5.43 Å². The molecule has 4 aromatic rings. The molecule has 0 spiro atoms. The summed E-state index contributed by atoms with van der Waals surface area (Å²) in [6.07, 6.45) is 1.63. The number of imidazole rings is 1. The second kappa shape index (κ2) is 7.25. The molecule has 0 saturated carbocycles. The zero-order valence-electron chi connectivity index (χ0n) is 14.8. The van der Waals surface area contributed by atoms with Crippen molar-refractivity contribution >= 4 is 23.2 Å². The van der Waals surface area contributed by atoms with Gasteiger partial charge in [-0.3, -0.25) is 4.79 Å². The molecule has 27 heavy (non-hydrogen) atoms. The van der Waals surface area contributed by atoms with Gasteiger partial charge in [0.2, 0.25) is 0 Å². The van der Waals surface area contributed by atoms with Crippen molar-refractivity contribution in [2.75, 3.05) is 0 Å². The topological polar surface area (TPSA) is 70.1 Å². The van der Waals surface area contributed by atoms with E-state index in [2.05, 4.69) is 20.5 Å². The summed E-state index contributed by atoms with van der Waals surface area (Å²) in [5.41, 5.74) is 7.79. The van der Waals surface area contributed by atoms with Crippen LogP contribution in [0.5, 0.6) is 0 Å². The lowest BCUT2D eigenvalue weighted by atomic mass is 10.2. The van der Waals surface area contributed by atoms with E-state index in [0.29, 0.717) is 5.56 Å². The number of benzene rings is 3. The lowest BCUT2D eigenvalue weighted by Crippen LogP contribution is -2.17. The molecule has 0 atom stereocenters. The average molecular weight is 354 g/mol. The van der Waals surface area contributed by atoms with Gasteiger partial charge in [0.05, 0.1) is 17.2 Å². The summed E-state index contributed by atoms with van der Waals surface area (Å²) in [5.74, 6) is 0.511. The van der Waals surface area contributed by atoms with Crippen LogP contribution in [0.15, 0.2) is 77.9 Å². The van der Waals surface area contributed by atoms with E-state index in [4.69, 9.17) is 0 Å². The van der Waals surface area contributed by atoms with Gasteiger partial charge in [0.1, 0.15) is 5.82 Å². The third-order valence-electron chi connectivity index (χ3n) is 4.21. The number of H-pyrrole nitrogens is 1. The molecule has 0 fully saturated rings. The molecule has 0 radical (unpaired) electrons. The molecule has 4 rings (SSSR count). The summed E-state index contributed by atoms with van der Waals surface area (Å²) in [6, 6.07) is 23.1. The number of rotatable bonds is 4. The minimum Gasteiger partial charge on any atom is -0.338 e. The van der Waals surface area contributed by atoms with Crippen LogP contribution >= 0.6 is 0 Å². The SMILES string of the molecule is Cc1cccc(/C=N/NC(=O)c2ccc3nc(-c4ccccc4)[nH]c3c2)c1. The normalized spacial score (nSPS) is 11.1.